The molecule has 0 fully saturated rings. The number of hydrogen-bond donors (Lipinski definition) is 1. The SMILES string of the molecule is CCCOc1ccc(C(C)NC(=O)Cc2coc(-c3ccc(F)cc3)n2)cc1OC. The Morgan fingerprint density at radius 1 is 1.20 bits per heavy atom. The van der Waals surface area contributed by atoms with Gasteiger partial charge in [0.2, 0.25) is 11.8 Å². The van der Waals surface area contributed by atoms with Crippen molar-refractivity contribution in [3.05, 3.63) is 65.8 Å². The fraction of sp³-hybridized carbons (Fsp3) is 0.304. The van der Waals surface area contributed by atoms with E-state index in [0.29, 0.717) is 35.3 Å². The van der Waals surface area contributed by atoms with Crippen molar-refractivity contribution in [1.82, 2.24) is 10.3 Å². The van der Waals surface area contributed by atoms with Crippen LogP contribution < -0.4 is 14.8 Å². The summed E-state index contributed by atoms with van der Waals surface area (Å²) in [4.78, 5) is 16.8. The van der Waals surface area contributed by atoms with E-state index in [9.17, 15) is 9.18 Å². The van der Waals surface area contributed by atoms with E-state index in [1.165, 1.54) is 18.4 Å². The van der Waals surface area contributed by atoms with Gasteiger partial charge < -0.3 is 19.2 Å². The molecule has 3 rings (SSSR count). The first-order chi connectivity index (χ1) is 14.5. The molecule has 1 N–H and O–H groups in total. The van der Waals surface area contributed by atoms with Gasteiger partial charge in [0.25, 0.3) is 0 Å². The summed E-state index contributed by atoms with van der Waals surface area (Å²) >= 11 is 0. The second-order valence-corrected chi connectivity index (χ2v) is 6.88. The molecule has 1 aromatic heterocycles. The Hall–Kier alpha value is -3.35. The molecule has 30 heavy (non-hydrogen) atoms. The Bertz CT molecular complexity index is 985. The summed E-state index contributed by atoms with van der Waals surface area (Å²) < 4.78 is 29.5. The van der Waals surface area contributed by atoms with Crippen molar-refractivity contribution in [2.45, 2.75) is 32.7 Å². The van der Waals surface area contributed by atoms with Crippen LogP contribution in [0, 0.1) is 5.82 Å². The molecule has 1 atom stereocenters. The number of oxazole rings is 1. The van der Waals surface area contributed by atoms with Gasteiger partial charge >= 0.3 is 0 Å². The van der Waals surface area contributed by atoms with Gasteiger partial charge in [-0.3, -0.25) is 4.79 Å². The summed E-state index contributed by atoms with van der Waals surface area (Å²) in [5.41, 5.74) is 2.05. The summed E-state index contributed by atoms with van der Waals surface area (Å²) in [6, 6.07) is 11.2. The molecule has 1 amide bonds. The zero-order valence-electron chi connectivity index (χ0n) is 17.3. The van der Waals surface area contributed by atoms with E-state index in [1.54, 1.807) is 19.2 Å². The summed E-state index contributed by atoms with van der Waals surface area (Å²) in [5.74, 6) is 1.13. The van der Waals surface area contributed by atoms with Crippen molar-refractivity contribution in [3.63, 3.8) is 0 Å². The van der Waals surface area contributed by atoms with Gasteiger partial charge in [-0.15, -0.1) is 0 Å². The first-order valence-corrected chi connectivity index (χ1v) is 9.80. The Morgan fingerprint density at radius 2 is 1.97 bits per heavy atom. The lowest BCUT2D eigenvalue weighted by atomic mass is 10.1. The molecule has 0 radical (unpaired) electrons. The largest absolute Gasteiger partial charge is 0.493 e. The van der Waals surface area contributed by atoms with Crippen molar-refractivity contribution in [2.24, 2.45) is 0 Å². The smallest absolute Gasteiger partial charge is 0.226 e. The molecule has 0 saturated heterocycles. The van der Waals surface area contributed by atoms with Crippen molar-refractivity contribution in [2.75, 3.05) is 13.7 Å². The lowest BCUT2D eigenvalue weighted by Crippen LogP contribution is -2.28. The van der Waals surface area contributed by atoms with E-state index in [1.807, 2.05) is 32.0 Å². The Labute approximate surface area is 175 Å². The second-order valence-electron chi connectivity index (χ2n) is 6.88. The van der Waals surface area contributed by atoms with Gasteiger partial charge in [-0.1, -0.05) is 13.0 Å². The van der Waals surface area contributed by atoms with E-state index < -0.39 is 0 Å². The normalized spacial score (nSPS) is 11.7. The molecular formula is C23H25FN2O4. The van der Waals surface area contributed by atoms with Gasteiger partial charge in [0.05, 0.1) is 31.9 Å². The topological polar surface area (TPSA) is 73.6 Å². The number of carbonyl (C=O) groups is 1. The van der Waals surface area contributed by atoms with Crippen LogP contribution in [0.3, 0.4) is 0 Å². The highest BCUT2D eigenvalue weighted by molar-refractivity contribution is 5.78. The molecule has 0 aliphatic heterocycles. The number of amides is 1. The number of benzene rings is 2. The molecule has 3 aromatic rings. The molecule has 158 valence electrons. The number of rotatable bonds is 9. The number of nitrogens with one attached hydrogen (secondary N) is 1. The maximum Gasteiger partial charge on any atom is 0.226 e. The van der Waals surface area contributed by atoms with Gasteiger partial charge in [-0.25, -0.2) is 9.37 Å². The van der Waals surface area contributed by atoms with E-state index in [2.05, 4.69) is 10.3 Å². The Morgan fingerprint density at radius 3 is 2.67 bits per heavy atom. The van der Waals surface area contributed by atoms with Crippen LogP contribution in [-0.2, 0) is 11.2 Å². The van der Waals surface area contributed by atoms with E-state index in [0.717, 1.165) is 12.0 Å². The summed E-state index contributed by atoms with van der Waals surface area (Å²) in [7, 11) is 1.59. The number of nitrogens with zero attached hydrogens (tertiary/aromatic N) is 1. The Kier molecular flexibility index (Phi) is 7.06. The highest BCUT2D eigenvalue weighted by Crippen LogP contribution is 2.30. The number of ether oxygens (including phenoxy) is 2. The molecule has 0 saturated carbocycles. The molecule has 1 heterocycles. The fourth-order valence-electron chi connectivity index (χ4n) is 2.94. The highest BCUT2D eigenvalue weighted by atomic mass is 19.1. The number of methoxy groups -OCH3 is 1. The monoisotopic (exact) mass is 412 g/mol. The van der Waals surface area contributed by atoms with E-state index in [-0.39, 0.29) is 24.2 Å². The molecule has 6 nitrogen and oxygen atoms in total. The van der Waals surface area contributed by atoms with Crippen molar-refractivity contribution in [3.8, 4) is 23.0 Å². The fourth-order valence-corrected chi connectivity index (χ4v) is 2.94. The standard InChI is InChI=1S/C23H25FN2O4/c1-4-11-29-20-10-7-17(12-21(20)28-3)15(2)25-22(27)13-19-14-30-23(26-19)16-5-8-18(24)9-6-16/h5-10,12,14-15H,4,11,13H2,1-3H3,(H,25,27). The van der Waals surface area contributed by atoms with Crippen LogP contribution in [0.15, 0.2) is 53.1 Å². The van der Waals surface area contributed by atoms with Gasteiger partial charge in [0, 0.05) is 5.56 Å². The maximum absolute atomic E-state index is 13.0. The lowest BCUT2D eigenvalue weighted by Gasteiger charge is -2.17. The van der Waals surface area contributed by atoms with Crippen LogP contribution in [0.1, 0.15) is 37.6 Å². The molecule has 0 spiro atoms. The molecule has 0 aliphatic carbocycles. The zero-order chi connectivity index (χ0) is 21.5. The van der Waals surface area contributed by atoms with Gasteiger partial charge in [-0.2, -0.15) is 0 Å². The minimum Gasteiger partial charge on any atom is -0.493 e. The van der Waals surface area contributed by atoms with Crippen LogP contribution in [-0.4, -0.2) is 24.6 Å². The number of halogens is 1. The van der Waals surface area contributed by atoms with Crippen LogP contribution in [0.5, 0.6) is 11.5 Å². The van der Waals surface area contributed by atoms with E-state index >= 15 is 0 Å². The zero-order valence-corrected chi connectivity index (χ0v) is 17.3. The maximum atomic E-state index is 13.0. The van der Waals surface area contributed by atoms with Gasteiger partial charge in [0.1, 0.15) is 12.1 Å². The average molecular weight is 412 g/mol. The molecule has 0 aliphatic rings. The van der Waals surface area contributed by atoms with Crippen molar-refractivity contribution in [1.29, 1.82) is 0 Å². The minimum atomic E-state index is -0.333. The lowest BCUT2D eigenvalue weighted by molar-refractivity contribution is -0.121. The molecule has 1 unspecified atom stereocenters. The summed E-state index contributed by atoms with van der Waals surface area (Å²) in [6.07, 6.45) is 2.41. The first-order valence-electron chi connectivity index (χ1n) is 9.80. The quantitative estimate of drug-likeness (QED) is 0.552. The van der Waals surface area contributed by atoms with Crippen LogP contribution in [0.25, 0.3) is 11.5 Å². The predicted molar refractivity (Wildman–Crippen MR) is 111 cm³/mol. The van der Waals surface area contributed by atoms with Crippen LogP contribution in [0.2, 0.25) is 0 Å². The average Bonchev–Trinajstić information content (AvgIpc) is 3.20. The van der Waals surface area contributed by atoms with Crippen molar-refractivity contribution < 1.29 is 23.1 Å². The van der Waals surface area contributed by atoms with Gasteiger partial charge in [-0.05, 0) is 55.3 Å². The van der Waals surface area contributed by atoms with Crippen LogP contribution in [0.4, 0.5) is 4.39 Å². The Balaban J connectivity index is 1.61. The third kappa shape index (κ3) is 5.37. The minimum absolute atomic E-state index is 0.0733. The summed E-state index contributed by atoms with van der Waals surface area (Å²) in [6.45, 7) is 4.54. The number of hydrogen-bond acceptors (Lipinski definition) is 5. The van der Waals surface area contributed by atoms with E-state index in [4.69, 9.17) is 13.9 Å². The number of aromatic nitrogens is 1. The first kappa shape index (κ1) is 21.4. The molecule has 0 bridgehead atoms. The second kappa shape index (κ2) is 9.91. The molecule has 7 heteroatoms. The van der Waals surface area contributed by atoms with Crippen LogP contribution >= 0.6 is 0 Å². The molecule has 2 aromatic carbocycles. The molecular weight excluding hydrogens is 387 g/mol. The summed E-state index contributed by atoms with van der Waals surface area (Å²) in [5, 5.41) is 2.95. The number of carbonyl (C=O) groups excluding carboxylic acids is 1. The highest BCUT2D eigenvalue weighted by Gasteiger charge is 2.15. The van der Waals surface area contributed by atoms with Gasteiger partial charge in [0.15, 0.2) is 11.5 Å². The third-order valence-corrected chi connectivity index (χ3v) is 4.51. The van der Waals surface area contributed by atoms with Crippen molar-refractivity contribution >= 4 is 5.91 Å². The third-order valence-electron chi connectivity index (χ3n) is 4.51. The predicted octanol–water partition coefficient (Wildman–Crippen LogP) is 4.70.